The van der Waals surface area contributed by atoms with E-state index in [1.807, 2.05) is 30.3 Å². The number of nitrogens with one attached hydrogen (secondary N) is 1. The largest absolute Gasteiger partial charge is 0.408 e. The van der Waals surface area contributed by atoms with Crippen molar-refractivity contribution in [1.82, 2.24) is 19.7 Å². The van der Waals surface area contributed by atoms with Crippen LogP contribution in [0.4, 0.5) is 24.7 Å². The average molecular weight is 412 g/mol. The van der Waals surface area contributed by atoms with Crippen LogP contribution in [-0.4, -0.2) is 25.9 Å². The van der Waals surface area contributed by atoms with Crippen LogP contribution in [-0.2, 0) is 13.1 Å². The molecule has 152 valence electrons. The van der Waals surface area contributed by atoms with Crippen molar-refractivity contribution in [2.45, 2.75) is 19.3 Å². The van der Waals surface area contributed by atoms with E-state index < -0.39 is 12.7 Å². The van der Waals surface area contributed by atoms with Crippen molar-refractivity contribution in [2.75, 3.05) is 5.32 Å². The minimum absolute atomic E-state index is 0.421. The van der Waals surface area contributed by atoms with Crippen molar-refractivity contribution < 1.29 is 18.7 Å². The van der Waals surface area contributed by atoms with Gasteiger partial charge >= 0.3 is 6.18 Å². The number of nitrogens with zero attached hydrogens (tertiary/aromatic N) is 5. The molecule has 4 aromatic rings. The highest BCUT2D eigenvalue weighted by Crippen LogP contribution is 2.28. The van der Waals surface area contributed by atoms with Crippen LogP contribution in [0.3, 0.4) is 0 Å². The van der Waals surface area contributed by atoms with Crippen molar-refractivity contribution in [1.29, 1.82) is 0 Å². The van der Waals surface area contributed by atoms with Gasteiger partial charge in [0.25, 0.3) is 0 Å². The van der Waals surface area contributed by atoms with Gasteiger partial charge in [-0.05, 0) is 41.0 Å². The second-order valence-corrected chi connectivity index (χ2v) is 6.62. The molecule has 0 aliphatic heterocycles. The van der Waals surface area contributed by atoms with Crippen LogP contribution in [0, 0.1) is 0 Å². The standard InChI is InChI=1S/C20H16F3N7/c21-20(22,23)12-30-11-15(10-27-30)17-5-6-18(29-24)19(28-17)26-9-13-3-4-16-14(8-13)2-1-7-25-16/h1-8,10-11,24H,9,12H2,(H,26,28)/p+1. The molecule has 0 atom stereocenters. The Kier molecular flexibility index (Phi) is 5.13. The first-order valence-electron chi connectivity index (χ1n) is 9.00. The molecule has 0 amide bonds. The van der Waals surface area contributed by atoms with Crippen LogP contribution in [0.5, 0.6) is 0 Å². The Morgan fingerprint density at radius 1 is 1.13 bits per heavy atom. The summed E-state index contributed by atoms with van der Waals surface area (Å²) >= 11 is 0. The highest BCUT2D eigenvalue weighted by molar-refractivity contribution is 5.79. The Balaban J connectivity index is 1.56. The molecular formula is C20H17F3N7+. The Labute approximate surface area is 169 Å². The molecule has 1 aromatic carbocycles. The van der Waals surface area contributed by atoms with Crippen LogP contribution in [0.15, 0.2) is 66.2 Å². The first-order valence-corrected chi connectivity index (χ1v) is 9.00. The fourth-order valence-corrected chi connectivity index (χ4v) is 3.03. The lowest BCUT2D eigenvalue weighted by molar-refractivity contribution is -0.210. The first kappa shape index (κ1) is 19.5. The van der Waals surface area contributed by atoms with Crippen molar-refractivity contribution in [3.8, 4) is 11.3 Å². The summed E-state index contributed by atoms with van der Waals surface area (Å²) in [6.07, 6.45) is 0.0330. The van der Waals surface area contributed by atoms with E-state index in [-0.39, 0.29) is 0 Å². The van der Waals surface area contributed by atoms with E-state index in [0.29, 0.717) is 29.3 Å². The molecule has 10 heteroatoms. The van der Waals surface area contributed by atoms with Gasteiger partial charge in [0.2, 0.25) is 0 Å². The summed E-state index contributed by atoms with van der Waals surface area (Å²) in [5, 5.41) is 11.7. The summed E-state index contributed by atoms with van der Waals surface area (Å²) < 4.78 is 38.5. The van der Waals surface area contributed by atoms with Crippen molar-refractivity contribution in [3.63, 3.8) is 0 Å². The predicted molar refractivity (Wildman–Crippen MR) is 105 cm³/mol. The second kappa shape index (κ2) is 7.90. The van der Waals surface area contributed by atoms with Gasteiger partial charge in [0.1, 0.15) is 6.54 Å². The maximum absolute atomic E-state index is 12.6. The summed E-state index contributed by atoms with van der Waals surface area (Å²) in [7, 11) is 0. The number of alkyl halides is 3. The van der Waals surface area contributed by atoms with Crippen molar-refractivity contribution in [3.05, 3.63) is 66.6 Å². The highest BCUT2D eigenvalue weighted by Gasteiger charge is 2.28. The summed E-state index contributed by atoms with van der Waals surface area (Å²) in [6, 6.07) is 13.0. The van der Waals surface area contributed by atoms with Crippen molar-refractivity contribution >= 4 is 22.4 Å². The van der Waals surface area contributed by atoms with Gasteiger partial charge in [-0.2, -0.15) is 23.8 Å². The van der Waals surface area contributed by atoms with Crippen LogP contribution in [0.25, 0.3) is 22.2 Å². The molecule has 0 saturated carbocycles. The lowest BCUT2D eigenvalue weighted by Gasteiger charge is -2.09. The van der Waals surface area contributed by atoms with Crippen LogP contribution < -0.4 is 10.8 Å². The number of aromatic nitrogens is 4. The van der Waals surface area contributed by atoms with E-state index in [2.05, 4.69) is 25.5 Å². The Bertz CT molecular complexity index is 1200. The van der Waals surface area contributed by atoms with E-state index in [4.69, 9.17) is 5.53 Å². The Morgan fingerprint density at radius 2 is 2.00 bits per heavy atom. The van der Waals surface area contributed by atoms with Crippen LogP contribution >= 0.6 is 0 Å². The summed E-state index contributed by atoms with van der Waals surface area (Å²) in [5.74, 6) is 0.421. The zero-order valence-electron chi connectivity index (χ0n) is 15.6. The third kappa shape index (κ3) is 4.43. The quantitative estimate of drug-likeness (QED) is 0.474. The third-order valence-corrected chi connectivity index (χ3v) is 4.41. The maximum atomic E-state index is 12.6. The SMILES string of the molecule is [NH2+]=Nc1ccc(-c2cnn(CC(F)(F)F)c2)nc1NCc1ccc2ncccc2c1. The molecular weight excluding hydrogens is 395 g/mol. The monoisotopic (exact) mass is 412 g/mol. The highest BCUT2D eigenvalue weighted by atomic mass is 19.4. The molecule has 0 fully saturated rings. The van der Waals surface area contributed by atoms with E-state index in [1.165, 1.54) is 12.4 Å². The average Bonchev–Trinajstić information content (AvgIpc) is 3.18. The number of nitrogens with two attached hydrogens (primary N) is 1. The van der Waals surface area contributed by atoms with Crippen molar-refractivity contribution in [2.24, 2.45) is 5.11 Å². The molecule has 30 heavy (non-hydrogen) atoms. The summed E-state index contributed by atoms with van der Waals surface area (Å²) in [5.41, 5.74) is 8.71. The van der Waals surface area contributed by atoms with Gasteiger partial charge < -0.3 is 5.32 Å². The lowest BCUT2D eigenvalue weighted by atomic mass is 10.1. The molecule has 0 aliphatic carbocycles. The summed E-state index contributed by atoms with van der Waals surface area (Å²) in [4.78, 5) is 8.76. The number of pyridine rings is 2. The minimum Gasteiger partial charge on any atom is -0.364 e. The minimum atomic E-state index is -4.35. The molecule has 0 aliphatic rings. The fraction of sp³-hybridized carbons (Fsp3) is 0.150. The third-order valence-electron chi connectivity index (χ3n) is 4.41. The number of hydrogen-bond donors (Lipinski definition) is 2. The zero-order chi connectivity index (χ0) is 21.1. The van der Waals surface area contributed by atoms with Gasteiger partial charge in [-0.3, -0.25) is 9.67 Å². The van der Waals surface area contributed by atoms with Crippen LogP contribution in [0.1, 0.15) is 5.56 Å². The second-order valence-electron chi connectivity index (χ2n) is 6.62. The predicted octanol–water partition coefficient (Wildman–Crippen LogP) is 3.51. The number of anilines is 1. The fourth-order valence-electron chi connectivity index (χ4n) is 3.03. The molecule has 0 saturated heterocycles. The lowest BCUT2D eigenvalue weighted by Crippen LogP contribution is -2.22. The molecule has 3 N–H and O–H groups in total. The van der Waals surface area contributed by atoms with E-state index in [1.54, 1.807) is 18.3 Å². The molecule has 3 aromatic heterocycles. The normalized spacial score (nSPS) is 11.6. The molecule has 4 rings (SSSR count). The molecule has 0 radical (unpaired) electrons. The molecule has 0 unspecified atom stereocenters. The first-order chi connectivity index (χ1) is 14.4. The van der Waals surface area contributed by atoms with Gasteiger partial charge in [0, 0.05) is 29.9 Å². The zero-order valence-corrected chi connectivity index (χ0v) is 15.6. The maximum Gasteiger partial charge on any atom is 0.408 e. The van der Waals surface area contributed by atoms with E-state index >= 15 is 0 Å². The number of benzene rings is 1. The molecule has 7 nitrogen and oxygen atoms in total. The van der Waals surface area contributed by atoms with Gasteiger partial charge in [0.15, 0.2) is 11.5 Å². The number of rotatable bonds is 6. The van der Waals surface area contributed by atoms with Crippen LogP contribution in [0.2, 0.25) is 0 Å². The van der Waals surface area contributed by atoms with Gasteiger partial charge in [-0.25, -0.2) is 4.98 Å². The molecule has 0 bridgehead atoms. The topological polar surface area (TPSA) is 93.6 Å². The number of fused-ring (bicyclic) bond motifs is 1. The number of hydrogen-bond acceptors (Lipinski definition) is 5. The van der Waals surface area contributed by atoms with Gasteiger partial charge in [0.05, 0.1) is 17.4 Å². The Morgan fingerprint density at radius 3 is 2.80 bits per heavy atom. The molecule has 0 spiro atoms. The van der Waals surface area contributed by atoms with Gasteiger partial charge in [-0.1, -0.05) is 12.1 Å². The summed E-state index contributed by atoms with van der Waals surface area (Å²) in [6.45, 7) is -0.706. The Hall–Kier alpha value is -3.82. The van der Waals surface area contributed by atoms with E-state index in [9.17, 15) is 13.2 Å². The van der Waals surface area contributed by atoms with Gasteiger partial charge in [-0.15, -0.1) is 0 Å². The number of halogens is 3. The molecule has 3 heterocycles. The van der Waals surface area contributed by atoms with E-state index in [0.717, 1.165) is 21.1 Å². The smallest absolute Gasteiger partial charge is 0.364 e.